The second-order valence-electron chi connectivity index (χ2n) is 5.91. The Bertz CT molecular complexity index is 1020. The van der Waals surface area contributed by atoms with E-state index >= 15 is 0 Å². The van der Waals surface area contributed by atoms with Gasteiger partial charge in [-0.25, -0.2) is 13.4 Å². The van der Waals surface area contributed by atoms with Crippen molar-refractivity contribution in [3.05, 3.63) is 47.0 Å². The van der Waals surface area contributed by atoms with Crippen molar-refractivity contribution in [1.82, 2.24) is 4.98 Å². The molecule has 2 aromatic carbocycles. The van der Waals surface area contributed by atoms with Gasteiger partial charge in [0.25, 0.3) is 10.0 Å². The molecule has 0 aliphatic rings. The molecule has 0 radical (unpaired) electrons. The molecule has 1 aromatic heterocycles. The predicted molar refractivity (Wildman–Crippen MR) is 102 cm³/mol. The summed E-state index contributed by atoms with van der Waals surface area (Å²) >= 11 is 1.29. The Morgan fingerprint density at radius 1 is 1.12 bits per heavy atom. The summed E-state index contributed by atoms with van der Waals surface area (Å²) in [7, 11) is -3.69. The molecule has 0 amide bonds. The monoisotopic (exact) mass is 376 g/mol. The quantitative estimate of drug-likeness (QED) is 0.716. The molecule has 1 heterocycles. The third kappa shape index (κ3) is 3.62. The maximum Gasteiger partial charge on any atom is 0.264 e. The minimum Gasteiger partial charge on any atom is -0.494 e. The highest BCUT2D eigenvalue weighted by atomic mass is 32.2. The number of ether oxygens (including phenoxy) is 1. The van der Waals surface area contributed by atoms with Gasteiger partial charge in [-0.05, 0) is 57.0 Å². The van der Waals surface area contributed by atoms with Gasteiger partial charge in [0, 0.05) is 0 Å². The number of aromatic nitrogens is 1. The van der Waals surface area contributed by atoms with Crippen LogP contribution in [0.5, 0.6) is 5.75 Å². The molecule has 0 atom stereocenters. The average Bonchev–Trinajstić information content (AvgIpc) is 2.86. The van der Waals surface area contributed by atoms with Crippen LogP contribution in [0.1, 0.15) is 23.6 Å². The van der Waals surface area contributed by atoms with E-state index in [0.29, 0.717) is 16.6 Å². The zero-order chi connectivity index (χ0) is 18.2. The molecule has 0 bridgehead atoms. The molecule has 7 heteroatoms. The van der Waals surface area contributed by atoms with E-state index in [2.05, 4.69) is 9.71 Å². The molecule has 0 aliphatic heterocycles. The summed E-state index contributed by atoms with van der Waals surface area (Å²) < 4.78 is 34.6. The number of fused-ring (bicyclic) bond motifs is 1. The number of thiazole rings is 1. The Labute approximate surface area is 151 Å². The number of sulfonamides is 1. The van der Waals surface area contributed by atoms with E-state index in [4.69, 9.17) is 4.74 Å². The summed E-state index contributed by atoms with van der Waals surface area (Å²) in [5.41, 5.74) is 3.23. The molecule has 3 rings (SSSR count). The minimum atomic E-state index is -3.69. The van der Waals surface area contributed by atoms with Crippen LogP contribution in [-0.4, -0.2) is 20.0 Å². The van der Waals surface area contributed by atoms with E-state index < -0.39 is 10.0 Å². The van der Waals surface area contributed by atoms with Gasteiger partial charge < -0.3 is 4.74 Å². The van der Waals surface area contributed by atoms with Gasteiger partial charge in [0.1, 0.15) is 5.75 Å². The molecule has 0 fully saturated rings. The lowest BCUT2D eigenvalue weighted by molar-refractivity contribution is 0.341. The molecule has 0 spiro atoms. The zero-order valence-electron chi connectivity index (χ0n) is 14.6. The van der Waals surface area contributed by atoms with Gasteiger partial charge in [0.05, 0.1) is 21.7 Å². The Balaban J connectivity index is 1.97. The molecule has 3 aromatic rings. The lowest BCUT2D eigenvalue weighted by atomic mass is 10.1. The predicted octanol–water partition coefficient (Wildman–Crippen LogP) is 4.42. The topological polar surface area (TPSA) is 68.3 Å². The van der Waals surface area contributed by atoms with E-state index in [1.807, 2.05) is 44.2 Å². The zero-order valence-corrected chi connectivity index (χ0v) is 16.2. The largest absolute Gasteiger partial charge is 0.494 e. The van der Waals surface area contributed by atoms with Crippen molar-refractivity contribution in [2.45, 2.75) is 32.6 Å². The van der Waals surface area contributed by atoms with Crippen LogP contribution in [0.25, 0.3) is 10.2 Å². The van der Waals surface area contributed by atoms with Crippen molar-refractivity contribution in [3.63, 3.8) is 0 Å². The molecule has 0 unspecified atom stereocenters. The molecule has 1 N–H and O–H groups in total. The van der Waals surface area contributed by atoms with Crippen LogP contribution in [0.15, 0.2) is 35.2 Å². The summed E-state index contributed by atoms with van der Waals surface area (Å²) in [6.45, 7) is 8.06. The van der Waals surface area contributed by atoms with Crippen molar-refractivity contribution in [2.75, 3.05) is 11.3 Å². The van der Waals surface area contributed by atoms with E-state index in [1.165, 1.54) is 11.3 Å². The fourth-order valence-corrected chi connectivity index (χ4v) is 5.55. The van der Waals surface area contributed by atoms with Crippen molar-refractivity contribution >= 4 is 36.7 Å². The Morgan fingerprint density at radius 3 is 2.44 bits per heavy atom. The van der Waals surface area contributed by atoms with Crippen LogP contribution < -0.4 is 9.46 Å². The van der Waals surface area contributed by atoms with Crippen LogP contribution in [0.4, 0.5) is 5.13 Å². The van der Waals surface area contributed by atoms with Crippen molar-refractivity contribution in [3.8, 4) is 5.75 Å². The SMILES string of the molecule is CCOc1ccc2nc(NS(=O)(=O)c3c(C)cc(C)cc3C)sc2c1. The lowest BCUT2D eigenvalue weighted by Crippen LogP contribution is -2.15. The summed E-state index contributed by atoms with van der Waals surface area (Å²) in [5.74, 6) is 0.748. The number of benzene rings is 2. The highest BCUT2D eigenvalue weighted by Gasteiger charge is 2.21. The first-order chi connectivity index (χ1) is 11.8. The van der Waals surface area contributed by atoms with E-state index in [-0.39, 0.29) is 0 Å². The Morgan fingerprint density at radius 2 is 1.80 bits per heavy atom. The van der Waals surface area contributed by atoms with Gasteiger partial charge >= 0.3 is 0 Å². The number of aryl methyl sites for hydroxylation is 3. The molecule has 0 saturated carbocycles. The minimum absolute atomic E-state index is 0.312. The molecule has 25 heavy (non-hydrogen) atoms. The van der Waals surface area contributed by atoms with Crippen LogP contribution in [0, 0.1) is 20.8 Å². The normalized spacial score (nSPS) is 11.7. The average molecular weight is 377 g/mol. The number of hydrogen-bond acceptors (Lipinski definition) is 5. The second kappa shape index (κ2) is 6.65. The summed E-state index contributed by atoms with van der Waals surface area (Å²) in [5, 5.41) is 0.350. The second-order valence-corrected chi connectivity index (χ2v) is 8.56. The van der Waals surface area contributed by atoms with E-state index in [9.17, 15) is 8.42 Å². The first kappa shape index (κ1) is 17.7. The highest BCUT2D eigenvalue weighted by Crippen LogP contribution is 2.31. The van der Waals surface area contributed by atoms with Crippen LogP contribution in [0.3, 0.4) is 0 Å². The maximum absolute atomic E-state index is 12.8. The smallest absolute Gasteiger partial charge is 0.264 e. The number of nitrogens with one attached hydrogen (secondary N) is 1. The van der Waals surface area contributed by atoms with Gasteiger partial charge in [-0.3, -0.25) is 4.72 Å². The number of nitrogens with zero attached hydrogens (tertiary/aromatic N) is 1. The third-order valence-electron chi connectivity index (χ3n) is 3.77. The van der Waals surface area contributed by atoms with Crippen molar-refractivity contribution in [2.24, 2.45) is 0 Å². The Hall–Kier alpha value is -2.12. The first-order valence-electron chi connectivity index (χ1n) is 7.94. The standard InChI is InChI=1S/C18H20N2O3S2/c1-5-23-14-6-7-15-16(10-14)24-18(19-15)20-25(21,22)17-12(3)8-11(2)9-13(17)4/h6-10H,5H2,1-4H3,(H,19,20). The van der Waals surface area contributed by atoms with E-state index in [1.54, 1.807) is 13.8 Å². The summed E-state index contributed by atoms with van der Waals surface area (Å²) in [6.07, 6.45) is 0. The third-order valence-corrected chi connectivity index (χ3v) is 6.47. The van der Waals surface area contributed by atoms with Crippen molar-refractivity contribution < 1.29 is 13.2 Å². The summed E-state index contributed by atoms with van der Waals surface area (Å²) in [4.78, 5) is 4.69. The number of anilines is 1. The summed E-state index contributed by atoms with van der Waals surface area (Å²) in [6, 6.07) is 9.27. The maximum atomic E-state index is 12.8. The fourth-order valence-electron chi connectivity index (χ4n) is 2.96. The number of rotatable bonds is 5. The van der Waals surface area contributed by atoms with E-state index in [0.717, 1.165) is 32.7 Å². The van der Waals surface area contributed by atoms with Gasteiger partial charge in [-0.15, -0.1) is 0 Å². The molecular formula is C18H20N2O3S2. The molecule has 132 valence electrons. The van der Waals surface area contributed by atoms with Crippen molar-refractivity contribution in [1.29, 1.82) is 0 Å². The van der Waals surface area contributed by atoms with Crippen LogP contribution in [-0.2, 0) is 10.0 Å². The molecule has 5 nitrogen and oxygen atoms in total. The van der Waals surface area contributed by atoms with Gasteiger partial charge in [0.15, 0.2) is 5.13 Å². The Kier molecular flexibility index (Phi) is 4.71. The first-order valence-corrected chi connectivity index (χ1v) is 10.2. The highest BCUT2D eigenvalue weighted by molar-refractivity contribution is 7.93. The lowest BCUT2D eigenvalue weighted by Gasteiger charge is -2.12. The number of hydrogen-bond donors (Lipinski definition) is 1. The van der Waals surface area contributed by atoms with Gasteiger partial charge in [0.2, 0.25) is 0 Å². The van der Waals surface area contributed by atoms with Gasteiger partial charge in [-0.1, -0.05) is 29.0 Å². The van der Waals surface area contributed by atoms with Crippen LogP contribution in [0.2, 0.25) is 0 Å². The molecular weight excluding hydrogens is 356 g/mol. The molecule has 0 saturated heterocycles. The van der Waals surface area contributed by atoms with Gasteiger partial charge in [-0.2, -0.15) is 0 Å². The van der Waals surface area contributed by atoms with Crippen LogP contribution >= 0.6 is 11.3 Å². The molecule has 0 aliphatic carbocycles. The fraction of sp³-hybridized carbons (Fsp3) is 0.278.